The third-order valence-electron chi connectivity index (χ3n) is 4.55. The van der Waals surface area contributed by atoms with Crippen molar-refractivity contribution in [3.63, 3.8) is 0 Å². The van der Waals surface area contributed by atoms with E-state index in [0.29, 0.717) is 29.2 Å². The molecule has 2 saturated heterocycles. The average molecular weight is 314 g/mol. The predicted molar refractivity (Wildman–Crippen MR) is 84.1 cm³/mol. The van der Waals surface area contributed by atoms with E-state index in [9.17, 15) is 9.59 Å². The molecule has 4 heterocycles. The Hall–Kier alpha value is -2.41. The third-order valence-corrected chi connectivity index (χ3v) is 4.55. The highest BCUT2D eigenvalue weighted by molar-refractivity contribution is 5.96. The number of carbonyl (C=O) groups is 2. The van der Waals surface area contributed by atoms with Crippen LogP contribution in [0.3, 0.4) is 0 Å². The molecule has 23 heavy (non-hydrogen) atoms. The van der Waals surface area contributed by atoms with Crippen LogP contribution in [0.5, 0.6) is 0 Å². The van der Waals surface area contributed by atoms with Gasteiger partial charge < -0.3 is 15.1 Å². The molecule has 0 saturated carbocycles. The first-order valence-electron chi connectivity index (χ1n) is 7.82. The summed E-state index contributed by atoms with van der Waals surface area (Å²) >= 11 is 0. The van der Waals surface area contributed by atoms with Crippen LogP contribution >= 0.6 is 0 Å². The van der Waals surface area contributed by atoms with Gasteiger partial charge >= 0.3 is 0 Å². The number of furan rings is 1. The van der Waals surface area contributed by atoms with Crippen LogP contribution in [0.1, 0.15) is 36.7 Å². The second-order valence-corrected chi connectivity index (χ2v) is 6.26. The SMILES string of the molecule is CC(=O)Nc1cc2cnc(C(=O)N[C@@H]3C[C@H]4CC[C@@H]3N4)cc2o1. The smallest absolute Gasteiger partial charge is 0.270 e. The van der Waals surface area contributed by atoms with Gasteiger partial charge in [-0.25, -0.2) is 0 Å². The van der Waals surface area contributed by atoms with Crippen molar-refractivity contribution in [1.29, 1.82) is 0 Å². The maximum Gasteiger partial charge on any atom is 0.270 e. The first kappa shape index (κ1) is 14.2. The Bertz CT molecular complexity index is 785. The molecule has 2 fully saturated rings. The fraction of sp³-hybridized carbons (Fsp3) is 0.438. The Kier molecular flexibility index (Phi) is 3.30. The summed E-state index contributed by atoms with van der Waals surface area (Å²) in [5, 5.41) is 9.87. The van der Waals surface area contributed by atoms with Crippen LogP contribution in [0.25, 0.3) is 11.0 Å². The summed E-state index contributed by atoms with van der Waals surface area (Å²) in [4.78, 5) is 27.7. The molecule has 7 nitrogen and oxygen atoms in total. The summed E-state index contributed by atoms with van der Waals surface area (Å²) < 4.78 is 5.52. The summed E-state index contributed by atoms with van der Waals surface area (Å²) in [6.45, 7) is 1.41. The molecule has 2 aromatic rings. The number of rotatable bonds is 3. The first-order chi connectivity index (χ1) is 11.1. The summed E-state index contributed by atoms with van der Waals surface area (Å²) in [6, 6.07) is 4.38. The number of hydrogen-bond acceptors (Lipinski definition) is 5. The predicted octanol–water partition coefficient (Wildman–Crippen LogP) is 1.41. The second-order valence-electron chi connectivity index (χ2n) is 6.26. The summed E-state index contributed by atoms with van der Waals surface area (Å²) in [6.07, 6.45) is 4.87. The topological polar surface area (TPSA) is 96.3 Å². The molecular formula is C16H18N4O3. The van der Waals surface area contributed by atoms with Crippen LogP contribution < -0.4 is 16.0 Å². The van der Waals surface area contributed by atoms with Crippen LogP contribution in [0.15, 0.2) is 22.7 Å². The van der Waals surface area contributed by atoms with E-state index in [0.717, 1.165) is 18.2 Å². The van der Waals surface area contributed by atoms with Gasteiger partial charge in [-0.2, -0.15) is 0 Å². The zero-order chi connectivity index (χ0) is 16.0. The van der Waals surface area contributed by atoms with Crippen molar-refractivity contribution in [1.82, 2.24) is 15.6 Å². The minimum absolute atomic E-state index is 0.172. The zero-order valence-electron chi connectivity index (χ0n) is 12.8. The second kappa shape index (κ2) is 5.34. The van der Waals surface area contributed by atoms with Crippen molar-refractivity contribution in [3.8, 4) is 0 Å². The molecule has 2 aliphatic rings. The van der Waals surface area contributed by atoms with Crippen molar-refractivity contribution in [2.75, 3.05) is 5.32 Å². The number of amides is 2. The van der Waals surface area contributed by atoms with Gasteiger partial charge in [-0.1, -0.05) is 0 Å². The molecule has 2 aromatic heterocycles. The summed E-state index contributed by atoms with van der Waals surface area (Å²) in [5.41, 5.74) is 0.851. The largest absolute Gasteiger partial charge is 0.440 e. The van der Waals surface area contributed by atoms with Gasteiger partial charge in [0.25, 0.3) is 5.91 Å². The lowest BCUT2D eigenvalue weighted by atomic mass is 9.95. The van der Waals surface area contributed by atoms with Gasteiger partial charge in [-0.3, -0.25) is 19.9 Å². The molecule has 0 spiro atoms. The van der Waals surface area contributed by atoms with E-state index >= 15 is 0 Å². The molecule has 3 N–H and O–H groups in total. The molecule has 2 bridgehead atoms. The van der Waals surface area contributed by atoms with E-state index in [1.54, 1.807) is 18.3 Å². The number of carbonyl (C=O) groups excluding carboxylic acids is 2. The number of hydrogen-bond donors (Lipinski definition) is 3. The van der Waals surface area contributed by atoms with Crippen LogP contribution in [-0.4, -0.2) is 34.9 Å². The van der Waals surface area contributed by atoms with E-state index in [-0.39, 0.29) is 17.9 Å². The van der Waals surface area contributed by atoms with Gasteiger partial charge in [0.2, 0.25) is 11.8 Å². The maximum absolute atomic E-state index is 12.4. The van der Waals surface area contributed by atoms with Crippen molar-refractivity contribution in [3.05, 3.63) is 24.0 Å². The Morgan fingerprint density at radius 3 is 2.91 bits per heavy atom. The highest BCUT2D eigenvalue weighted by Gasteiger charge is 2.39. The Labute approximate surface area is 132 Å². The average Bonchev–Trinajstić information content (AvgIpc) is 3.19. The monoisotopic (exact) mass is 314 g/mol. The number of pyridine rings is 1. The molecule has 0 aliphatic carbocycles. The lowest BCUT2D eigenvalue weighted by Gasteiger charge is -2.21. The first-order valence-corrected chi connectivity index (χ1v) is 7.82. The molecule has 0 unspecified atom stereocenters. The van der Waals surface area contributed by atoms with Gasteiger partial charge in [0, 0.05) is 48.8 Å². The standard InChI is InChI=1S/C16H18N4O3/c1-8(21)18-15-4-9-7-17-13(6-14(9)23-15)16(22)20-12-5-10-2-3-11(12)19-10/h4,6-7,10-12,19H,2-3,5H2,1H3,(H,18,21)(H,20,22)/t10-,11+,12-/m1/s1. The van der Waals surface area contributed by atoms with Crippen LogP contribution in [0, 0.1) is 0 Å². The molecule has 7 heteroatoms. The quantitative estimate of drug-likeness (QED) is 0.796. The minimum atomic E-state index is -0.209. The van der Waals surface area contributed by atoms with Crippen LogP contribution in [0.4, 0.5) is 5.88 Å². The van der Waals surface area contributed by atoms with Crippen molar-refractivity contribution >= 4 is 28.7 Å². The maximum atomic E-state index is 12.4. The number of fused-ring (bicyclic) bond motifs is 3. The summed E-state index contributed by atoms with van der Waals surface area (Å²) in [5.74, 6) is -0.0494. The van der Waals surface area contributed by atoms with E-state index in [2.05, 4.69) is 20.9 Å². The van der Waals surface area contributed by atoms with Crippen LogP contribution in [0.2, 0.25) is 0 Å². The minimum Gasteiger partial charge on any atom is -0.440 e. The van der Waals surface area contributed by atoms with Gasteiger partial charge in [-0.15, -0.1) is 0 Å². The lowest BCUT2D eigenvalue weighted by Crippen LogP contribution is -2.43. The molecule has 3 atom stereocenters. The molecule has 2 aliphatic heterocycles. The summed E-state index contributed by atoms with van der Waals surface area (Å²) in [7, 11) is 0. The van der Waals surface area contributed by atoms with Crippen LogP contribution in [-0.2, 0) is 4.79 Å². The van der Waals surface area contributed by atoms with Crippen molar-refractivity contribution in [2.45, 2.75) is 44.3 Å². The van der Waals surface area contributed by atoms with E-state index < -0.39 is 0 Å². The third kappa shape index (κ3) is 2.68. The fourth-order valence-corrected chi connectivity index (χ4v) is 3.52. The van der Waals surface area contributed by atoms with E-state index in [1.165, 1.54) is 13.3 Å². The highest BCUT2D eigenvalue weighted by atomic mass is 16.4. The van der Waals surface area contributed by atoms with Gasteiger partial charge in [0.15, 0.2) is 0 Å². The van der Waals surface area contributed by atoms with Gasteiger partial charge in [0.05, 0.1) is 0 Å². The molecule has 0 aromatic carbocycles. The Balaban J connectivity index is 1.51. The zero-order valence-corrected chi connectivity index (χ0v) is 12.8. The van der Waals surface area contributed by atoms with Gasteiger partial charge in [0.1, 0.15) is 11.3 Å². The van der Waals surface area contributed by atoms with E-state index in [4.69, 9.17) is 4.42 Å². The number of nitrogens with one attached hydrogen (secondary N) is 3. The number of anilines is 1. The number of nitrogens with zero attached hydrogens (tertiary/aromatic N) is 1. The highest BCUT2D eigenvalue weighted by Crippen LogP contribution is 2.28. The van der Waals surface area contributed by atoms with Crippen molar-refractivity contribution in [2.24, 2.45) is 0 Å². The normalized spacial score (nSPS) is 25.7. The van der Waals surface area contributed by atoms with Crippen molar-refractivity contribution < 1.29 is 14.0 Å². The molecule has 120 valence electrons. The fourth-order valence-electron chi connectivity index (χ4n) is 3.52. The Morgan fingerprint density at radius 2 is 2.22 bits per heavy atom. The Morgan fingerprint density at radius 1 is 1.35 bits per heavy atom. The molecule has 0 radical (unpaired) electrons. The number of aromatic nitrogens is 1. The van der Waals surface area contributed by atoms with Gasteiger partial charge in [-0.05, 0) is 19.3 Å². The molecule has 4 rings (SSSR count). The molecular weight excluding hydrogens is 296 g/mol. The lowest BCUT2D eigenvalue weighted by molar-refractivity contribution is -0.114. The van der Waals surface area contributed by atoms with E-state index in [1.807, 2.05) is 0 Å². The molecule has 2 amide bonds.